The second-order valence-corrected chi connectivity index (χ2v) is 9.46. The van der Waals surface area contributed by atoms with Crippen LogP contribution < -0.4 is 30.2 Å². The van der Waals surface area contributed by atoms with E-state index in [-0.39, 0.29) is 17.4 Å². The highest BCUT2D eigenvalue weighted by molar-refractivity contribution is 7.80. The van der Waals surface area contributed by atoms with Crippen LogP contribution in [0, 0.1) is 5.41 Å². The summed E-state index contributed by atoms with van der Waals surface area (Å²) in [4.78, 5) is 12.2. The number of carbonyl (C=O) groups excluding carboxylic acids is 1. The summed E-state index contributed by atoms with van der Waals surface area (Å²) in [6.45, 7) is 9.87. The Morgan fingerprint density at radius 1 is 1.12 bits per heavy atom. The quantitative estimate of drug-likeness (QED) is 0.380. The number of ether oxygens (including phenoxy) is 3. The maximum atomic E-state index is 12.2. The van der Waals surface area contributed by atoms with Gasteiger partial charge in [-0.15, -0.1) is 0 Å². The highest BCUT2D eigenvalue weighted by Gasteiger charge is 2.35. The molecule has 1 aliphatic carbocycles. The molecule has 1 amide bonds. The molecule has 1 saturated carbocycles. The summed E-state index contributed by atoms with van der Waals surface area (Å²) < 4.78 is 16.9. The van der Waals surface area contributed by atoms with Crippen molar-refractivity contribution in [2.45, 2.75) is 65.0 Å². The van der Waals surface area contributed by atoms with E-state index in [2.05, 4.69) is 43.3 Å². The zero-order chi connectivity index (χ0) is 23.9. The third-order valence-corrected chi connectivity index (χ3v) is 5.92. The number of amides is 1. The van der Waals surface area contributed by atoms with E-state index in [4.69, 9.17) is 26.4 Å². The summed E-state index contributed by atoms with van der Waals surface area (Å²) in [5, 5.41) is 10.4. The van der Waals surface area contributed by atoms with E-state index in [9.17, 15) is 4.79 Å². The van der Waals surface area contributed by atoms with E-state index in [0.29, 0.717) is 34.1 Å². The molecule has 0 bridgehead atoms. The first-order valence-electron chi connectivity index (χ1n) is 11.0. The van der Waals surface area contributed by atoms with Gasteiger partial charge < -0.3 is 30.2 Å². The number of carbonyl (C=O) groups is 1. The normalized spacial score (nSPS) is 15.3. The Labute approximate surface area is 197 Å². The number of rotatable bonds is 8. The second kappa shape index (κ2) is 11.4. The van der Waals surface area contributed by atoms with Gasteiger partial charge in [-0.2, -0.15) is 0 Å². The van der Waals surface area contributed by atoms with E-state index < -0.39 is 0 Å². The molecule has 0 spiro atoms. The number of anilines is 1. The van der Waals surface area contributed by atoms with Crippen LogP contribution in [0.15, 0.2) is 18.7 Å². The molecule has 0 aromatic heterocycles. The molecule has 0 aliphatic heterocycles. The van der Waals surface area contributed by atoms with Crippen molar-refractivity contribution >= 4 is 28.9 Å². The Balaban J connectivity index is 2.55. The minimum Gasteiger partial charge on any atom is -0.493 e. The largest absolute Gasteiger partial charge is 0.493 e. The summed E-state index contributed by atoms with van der Waals surface area (Å²) in [5.41, 5.74) is 0.969. The molecule has 1 fully saturated rings. The molecule has 1 aromatic carbocycles. The van der Waals surface area contributed by atoms with Crippen LogP contribution in [0.5, 0.6) is 17.2 Å². The van der Waals surface area contributed by atoms with Gasteiger partial charge in [-0.05, 0) is 36.6 Å². The number of nitrogens with one attached hydrogen (secondary N) is 3. The van der Waals surface area contributed by atoms with Crippen LogP contribution in [0.4, 0.5) is 5.69 Å². The van der Waals surface area contributed by atoms with Crippen LogP contribution in [-0.4, -0.2) is 38.4 Å². The van der Waals surface area contributed by atoms with Gasteiger partial charge >= 0.3 is 0 Å². The first-order chi connectivity index (χ1) is 15.2. The number of hydrogen-bond donors (Lipinski definition) is 3. The Bertz CT molecular complexity index is 830. The number of thiocarbonyl (C=S) groups is 1. The lowest BCUT2D eigenvalue weighted by molar-refractivity contribution is -0.111. The molecule has 8 heteroatoms. The molecule has 2 rings (SSSR count). The first kappa shape index (κ1) is 25.8. The molecular formula is C24H37N3O4S. The van der Waals surface area contributed by atoms with E-state index >= 15 is 0 Å². The van der Waals surface area contributed by atoms with Gasteiger partial charge in [0.05, 0.1) is 33.1 Å². The van der Waals surface area contributed by atoms with Crippen molar-refractivity contribution < 1.29 is 19.0 Å². The highest BCUT2D eigenvalue weighted by Crippen LogP contribution is 2.50. The van der Waals surface area contributed by atoms with Crippen molar-refractivity contribution in [3.63, 3.8) is 0 Å². The molecular weight excluding hydrogens is 426 g/mol. The smallest absolute Gasteiger partial charge is 0.247 e. The molecule has 3 N–H and O–H groups in total. The average Bonchev–Trinajstić information content (AvgIpc) is 2.76. The molecule has 1 aromatic rings. The minimum absolute atomic E-state index is 0.293. The molecule has 0 radical (unpaired) electrons. The zero-order valence-electron chi connectivity index (χ0n) is 20.1. The molecule has 1 atom stereocenters. The topological polar surface area (TPSA) is 80.9 Å². The predicted molar refractivity (Wildman–Crippen MR) is 133 cm³/mol. The molecule has 7 nitrogen and oxygen atoms in total. The summed E-state index contributed by atoms with van der Waals surface area (Å²) in [6.07, 6.45) is 7.15. The van der Waals surface area contributed by atoms with E-state index in [0.717, 1.165) is 18.4 Å². The first-order valence-corrected chi connectivity index (χ1v) is 11.4. The van der Waals surface area contributed by atoms with Gasteiger partial charge in [0, 0.05) is 17.7 Å². The Morgan fingerprint density at radius 3 is 2.25 bits per heavy atom. The highest BCUT2D eigenvalue weighted by atomic mass is 32.1. The van der Waals surface area contributed by atoms with Gasteiger partial charge in [-0.1, -0.05) is 46.6 Å². The van der Waals surface area contributed by atoms with Crippen molar-refractivity contribution in [3.05, 3.63) is 24.3 Å². The molecule has 1 aliphatic rings. The van der Waals surface area contributed by atoms with E-state index in [1.54, 1.807) is 27.4 Å². The standard InChI is InChI=1S/C24H37N3O4S/c1-8-18(28)26-16-14-17(29-5)20(30-6)21(31-7)19(16)22(24(2,3)4)27-23(32)25-15-12-10-9-11-13-15/h8,14-15,22H,1,9-13H2,2-7H3,(H,26,28)(H2,25,27,32). The fourth-order valence-electron chi connectivity index (χ4n) is 4.08. The van der Waals surface area contributed by atoms with Crippen molar-refractivity contribution in [3.8, 4) is 17.2 Å². The predicted octanol–water partition coefficient (Wildman–Crippen LogP) is 4.72. The van der Waals surface area contributed by atoms with Crippen molar-refractivity contribution in [1.29, 1.82) is 0 Å². The second-order valence-electron chi connectivity index (χ2n) is 9.05. The van der Waals surface area contributed by atoms with Gasteiger partial charge in [-0.25, -0.2) is 0 Å². The van der Waals surface area contributed by atoms with Gasteiger partial charge in [0.25, 0.3) is 0 Å². The maximum Gasteiger partial charge on any atom is 0.247 e. The monoisotopic (exact) mass is 463 g/mol. The van der Waals surface area contributed by atoms with Crippen LogP contribution in [-0.2, 0) is 4.79 Å². The zero-order valence-corrected chi connectivity index (χ0v) is 20.9. The molecule has 1 unspecified atom stereocenters. The third kappa shape index (κ3) is 6.28. The lowest BCUT2D eigenvalue weighted by atomic mass is 9.81. The summed E-state index contributed by atoms with van der Waals surface area (Å²) in [7, 11) is 4.66. The van der Waals surface area contributed by atoms with Crippen LogP contribution in [0.3, 0.4) is 0 Å². The van der Waals surface area contributed by atoms with Gasteiger partial charge in [0.2, 0.25) is 11.7 Å². The fourth-order valence-corrected chi connectivity index (χ4v) is 4.36. The number of benzene rings is 1. The van der Waals surface area contributed by atoms with Crippen LogP contribution in [0.1, 0.15) is 64.5 Å². The fraction of sp³-hybridized carbons (Fsp3) is 0.583. The molecule has 32 heavy (non-hydrogen) atoms. The average molecular weight is 464 g/mol. The number of hydrogen-bond acceptors (Lipinski definition) is 5. The minimum atomic E-state index is -0.337. The number of methoxy groups -OCH3 is 3. The van der Waals surface area contributed by atoms with E-state index in [1.807, 2.05) is 0 Å². The summed E-state index contributed by atoms with van der Waals surface area (Å²) in [5.74, 6) is 1.03. The summed E-state index contributed by atoms with van der Waals surface area (Å²) in [6, 6.07) is 1.80. The Kier molecular flexibility index (Phi) is 9.19. The van der Waals surface area contributed by atoms with Gasteiger partial charge in [-0.3, -0.25) is 4.79 Å². The van der Waals surface area contributed by atoms with Crippen LogP contribution in [0.2, 0.25) is 0 Å². The van der Waals surface area contributed by atoms with Crippen molar-refractivity contribution in [1.82, 2.24) is 10.6 Å². The molecule has 0 heterocycles. The lowest BCUT2D eigenvalue weighted by Crippen LogP contribution is -2.47. The SMILES string of the molecule is C=CC(=O)Nc1cc(OC)c(OC)c(OC)c1C(NC(=S)NC1CCCCC1)C(C)(C)C. The maximum absolute atomic E-state index is 12.2. The van der Waals surface area contributed by atoms with Crippen molar-refractivity contribution in [2.24, 2.45) is 5.41 Å². The van der Waals surface area contributed by atoms with Crippen LogP contribution in [0.25, 0.3) is 0 Å². The van der Waals surface area contributed by atoms with Crippen LogP contribution >= 0.6 is 12.2 Å². The molecule has 178 valence electrons. The molecule has 0 saturated heterocycles. The third-order valence-electron chi connectivity index (χ3n) is 5.68. The Morgan fingerprint density at radius 2 is 1.75 bits per heavy atom. The van der Waals surface area contributed by atoms with Gasteiger partial charge in [0.1, 0.15) is 0 Å². The van der Waals surface area contributed by atoms with Gasteiger partial charge in [0.15, 0.2) is 16.6 Å². The summed E-state index contributed by atoms with van der Waals surface area (Å²) >= 11 is 5.70. The lowest BCUT2D eigenvalue weighted by Gasteiger charge is -2.36. The van der Waals surface area contributed by atoms with Crippen molar-refractivity contribution in [2.75, 3.05) is 26.6 Å². The van der Waals surface area contributed by atoms with E-state index in [1.165, 1.54) is 25.3 Å². The Hall–Kier alpha value is -2.48.